The maximum atomic E-state index is 12.0. The Labute approximate surface area is 184 Å². The van der Waals surface area contributed by atoms with Crippen LogP contribution in [-0.2, 0) is 11.3 Å². The lowest BCUT2D eigenvalue weighted by Crippen LogP contribution is -2.45. The van der Waals surface area contributed by atoms with Gasteiger partial charge in [-0.05, 0) is 31.4 Å². The fourth-order valence-corrected chi connectivity index (χ4v) is 4.37. The zero-order chi connectivity index (χ0) is 21.8. The first-order chi connectivity index (χ1) is 15.1. The van der Waals surface area contributed by atoms with E-state index in [1.165, 1.54) is 16.0 Å². The second kappa shape index (κ2) is 9.62. The minimum atomic E-state index is -0.363. The van der Waals surface area contributed by atoms with Crippen molar-refractivity contribution in [2.24, 2.45) is 0 Å². The molecule has 0 aliphatic carbocycles. The standard InChI is InChI=1S/C23H32N6O2/c1-4-20(28-12-10-24-11-13-28)18-8-6-17(7-9-18)16(3)26-22-25-14-19-15-31-23(30)29(5-2)21(19)27-22/h6-9,14,16,20,24H,4-5,10-13,15H2,1-3H3,(H,25,26,27)/t16-,20-/m0/s1. The Hall–Kier alpha value is -2.71. The number of piperazine rings is 1. The van der Waals surface area contributed by atoms with Gasteiger partial charge in [-0.25, -0.2) is 9.78 Å². The summed E-state index contributed by atoms with van der Waals surface area (Å²) >= 11 is 0. The minimum Gasteiger partial charge on any atom is -0.444 e. The minimum absolute atomic E-state index is 0.0389. The lowest BCUT2D eigenvalue weighted by molar-refractivity contribution is 0.141. The quantitative estimate of drug-likeness (QED) is 0.704. The number of hydrogen-bond donors (Lipinski definition) is 2. The van der Waals surface area contributed by atoms with E-state index in [2.05, 4.69) is 63.6 Å². The van der Waals surface area contributed by atoms with Crippen molar-refractivity contribution in [3.8, 4) is 0 Å². The SMILES string of the molecule is CC[C@@H](c1ccc([C@H](C)Nc2ncc3c(n2)N(CC)C(=O)OC3)cc1)N1CCNCC1. The maximum absolute atomic E-state index is 12.0. The Kier molecular flexibility index (Phi) is 6.67. The molecule has 1 fully saturated rings. The van der Waals surface area contributed by atoms with Crippen molar-refractivity contribution in [1.82, 2.24) is 20.2 Å². The summed E-state index contributed by atoms with van der Waals surface area (Å²) in [5.74, 6) is 1.14. The van der Waals surface area contributed by atoms with Crippen LogP contribution in [0.1, 0.15) is 56.0 Å². The van der Waals surface area contributed by atoms with Gasteiger partial charge in [-0.1, -0.05) is 31.2 Å². The van der Waals surface area contributed by atoms with Gasteiger partial charge in [-0.2, -0.15) is 4.98 Å². The Morgan fingerprint density at radius 1 is 1.16 bits per heavy atom. The molecule has 0 spiro atoms. The number of nitrogens with zero attached hydrogens (tertiary/aromatic N) is 4. The van der Waals surface area contributed by atoms with Gasteiger partial charge >= 0.3 is 6.09 Å². The number of fused-ring (bicyclic) bond motifs is 1. The van der Waals surface area contributed by atoms with E-state index in [1.54, 1.807) is 6.20 Å². The van der Waals surface area contributed by atoms with Crippen LogP contribution in [-0.4, -0.2) is 53.7 Å². The third-order valence-corrected chi connectivity index (χ3v) is 6.13. The van der Waals surface area contributed by atoms with E-state index in [-0.39, 0.29) is 18.7 Å². The van der Waals surface area contributed by atoms with Crippen LogP contribution in [0.4, 0.5) is 16.6 Å². The van der Waals surface area contributed by atoms with E-state index in [0.29, 0.717) is 24.4 Å². The Morgan fingerprint density at radius 2 is 1.87 bits per heavy atom. The van der Waals surface area contributed by atoms with Crippen molar-refractivity contribution >= 4 is 17.9 Å². The van der Waals surface area contributed by atoms with Gasteiger partial charge in [0.15, 0.2) is 0 Å². The normalized spacial score (nSPS) is 18.8. The largest absolute Gasteiger partial charge is 0.444 e. The highest BCUT2D eigenvalue weighted by atomic mass is 16.6. The van der Waals surface area contributed by atoms with Crippen molar-refractivity contribution in [1.29, 1.82) is 0 Å². The number of rotatable bonds is 7. The molecule has 2 aliphatic heterocycles. The van der Waals surface area contributed by atoms with E-state index in [0.717, 1.165) is 38.2 Å². The number of carbonyl (C=O) groups excluding carboxylic acids is 1. The van der Waals surface area contributed by atoms with Gasteiger partial charge in [0.2, 0.25) is 5.95 Å². The molecule has 1 saturated heterocycles. The van der Waals surface area contributed by atoms with Crippen LogP contribution in [0.2, 0.25) is 0 Å². The van der Waals surface area contributed by atoms with Crippen molar-refractivity contribution in [2.75, 3.05) is 42.9 Å². The Morgan fingerprint density at radius 3 is 2.55 bits per heavy atom. The summed E-state index contributed by atoms with van der Waals surface area (Å²) in [6, 6.07) is 9.36. The molecule has 2 atom stereocenters. The monoisotopic (exact) mass is 424 g/mol. The third-order valence-electron chi connectivity index (χ3n) is 6.13. The average molecular weight is 425 g/mol. The number of carbonyl (C=O) groups is 1. The molecule has 166 valence electrons. The van der Waals surface area contributed by atoms with Crippen LogP contribution < -0.4 is 15.5 Å². The lowest BCUT2D eigenvalue weighted by Gasteiger charge is -2.34. The van der Waals surface area contributed by atoms with Gasteiger partial charge in [-0.3, -0.25) is 9.80 Å². The lowest BCUT2D eigenvalue weighted by atomic mass is 9.98. The number of benzene rings is 1. The smallest absolute Gasteiger partial charge is 0.415 e. The van der Waals surface area contributed by atoms with E-state index in [4.69, 9.17) is 4.74 Å². The van der Waals surface area contributed by atoms with Gasteiger partial charge < -0.3 is 15.4 Å². The molecule has 1 aromatic heterocycles. The molecule has 8 nitrogen and oxygen atoms in total. The van der Waals surface area contributed by atoms with Crippen LogP contribution in [0.3, 0.4) is 0 Å². The fourth-order valence-electron chi connectivity index (χ4n) is 4.37. The predicted octanol–water partition coefficient (Wildman–Crippen LogP) is 3.48. The number of aromatic nitrogens is 2. The molecule has 2 aliphatic rings. The van der Waals surface area contributed by atoms with Crippen LogP contribution in [0.15, 0.2) is 30.5 Å². The van der Waals surface area contributed by atoms with Gasteiger partial charge in [0.05, 0.1) is 11.6 Å². The Balaban J connectivity index is 1.46. The number of nitrogens with one attached hydrogen (secondary N) is 2. The highest BCUT2D eigenvalue weighted by molar-refractivity contribution is 5.89. The summed E-state index contributed by atoms with van der Waals surface area (Å²) in [6.07, 6.45) is 2.47. The zero-order valence-corrected chi connectivity index (χ0v) is 18.6. The van der Waals surface area contributed by atoms with Gasteiger partial charge in [-0.15, -0.1) is 0 Å². The molecule has 8 heteroatoms. The molecule has 0 unspecified atom stereocenters. The van der Waals surface area contributed by atoms with Gasteiger partial charge in [0.25, 0.3) is 0 Å². The summed E-state index contributed by atoms with van der Waals surface area (Å²) in [5.41, 5.74) is 3.36. The maximum Gasteiger partial charge on any atom is 0.415 e. The Bertz CT molecular complexity index is 897. The topological polar surface area (TPSA) is 82.6 Å². The van der Waals surface area contributed by atoms with E-state index >= 15 is 0 Å². The molecule has 3 heterocycles. The van der Waals surface area contributed by atoms with E-state index in [9.17, 15) is 4.79 Å². The third kappa shape index (κ3) is 4.65. The van der Waals surface area contributed by atoms with Crippen LogP contribution in [0, 0.1) is 0 Å². The number of hydrogen-bond acceptors (Lipinski definition) is 7. The molecule has 0 bridgehead atoms. The average Bonchev–Trinajstić information content (AvgIpc) is 2.80. The zero-order valence-electron chi connectivity index (χ0n) is 18.6. The first-order valence-electron chi connectivity index (χ1n) is 11.2. The number of cyclic esters (lactones) is 1. The van der Waals surface area contributed by atoms with Crippen LogP contribution in [0.5, 0.6) is 0 Å². The molecule has 31 heavy (non-hydrogen) atoms. The van der Waals surface area contributed by atoms with E-state index in [1.807, 2.05) is 6.92 Å². The number of anilines is 2. The van der Waals surface area contributed by atoms with Crippen molar-refractivity contribution < 1.29 is 9.53 Å². The molecule has 4 rings (SSSR count). The highest BCUT2D eigenvalue weighted by Gasteiger charge is 2.27. The number of ether oxygens (including phenoxy) is 1. The second-order valence-electron chi connectivity index (χ2n) is 8.08. The predicted molar refractivity (Wildman–Crippen MR) is 121 cm³/mol. The molecular weight excluding hydrogens is 392 g/mol. The van der Waals surface area contributed by atoms with Gasteiger partial charge in [0.1, 0.15) is 12.4 Å². The van der Waals surface area contributed by atoms with Gasteiger partial charge in [0, 0.05) is 45.0 Å². The van der Waals surface area contributed by atoms with Crippen molar-refractivity contribution in [3.05, 3.63) is 47.2 Å². The molecule has 2 N–H and O–H groups in total. The van der Waals surface area contributed by atoms with Crippen molar-refractivity contribution in [3.63, 3.8) is 0 Å². The van der Waals surface area contributed by atoms with Crippen LogP contribution >= 0.6 is 0 Å². The summed E-state index contributed by atoms with van der Waals surface area (Å²) in [7, 11) is 0. The summed E-state index contributed by atoms with van der Waals surface area (Å²) in [6.45, 7) is 11.3. The van der Waals surface area contributed by atoms with Crippen LogP contribution in [0.25, 0.3) is 0 Å². The summed E-state index contributed by atoms with van der Waals surface area (Å²) in [5, 5.41) is 6.80. The first kappa shape index (κ1) is 21.5. The second-order valence-corrected chi connectivity index (χ2v) is 8.08. The highest BCUT2D eigenvalue weighted by Crippen LogP contribution is 2.28. The summed E-state index contributed by atoms with van der Waals surface area (Å²) in [4.78, 5) is 25.1. The molecule has 1 amide bonds. The number of amides is 1. The first-order valence-corrected chi connectivity index (χ1v) is 11.2. The molecule has 0 saturated carbocycles. The van der Waals surface area contributed by atoms with Crippen molar-refractivity contribution in [2.45, 2.75) is 45.9 Å². The molecule has 0 radical (unpaired) electrons. The van der Waals surface area contributed by atoms with E-state index < -0.39 is 0 Å². The summed E-state index contributed by atoms with van der Waals surface area (Å²) < 4.78 is 5.16. The molecular formula is C23H32N6O2. The fraction of sp³-hybridized carbons (Fsp3) is 0.522. The molecule has 2 aromatic rings. The molecule has 1 aromatic carbocycles.